The van der Waals surface area contributed by atoms with Gasteiger partial charge in [0.2, 0.25) is 5.91 Å². The predicted octanol–water partition coefficient (Wildman–Crippen LogP) is 4.17. The van der Waals surface area contributed by atoms with Crippen LogP contribution in [-0.2, 0) is 21.4 Å². The lowest BCUT2D eigenvalue weighted by molar-refractivity contribution is -0.116. The number of hydrogen-bond donors (Lipinski definition) is 1. The average molecular weight is 490 g/mol. The zero-order valence-electron chi connectivity index (χ0n) is 19.6. The summed E-state index contributed by atoms with van der Waals surface area (Å²) in [6, 6.07) is 21.2. The van der Waals surface area contributed by atoms with E-state index in [-0.39, 0.29) is 23.8 Å². The van der Waals surface area contributed by atoms with Gasteiger partial charge < -0.3 is 5.32 Å². The number of sulfonamides is 1. The molecular formula is C26H27N5O3S. The van der Waals surface area contributed by atoms with Gasteiger partial charge in [0.1, 0.15) is 0 Å². The van der Waals surface area contributed by atoms with Crippen molar-refractivity contribution in [3.63, 3.8) is 0 Å². The summed E-state index contributed by atoms with van der Waals surface area (Å²) in [7, 11) is -3.86. The van der Waals surface area contributed by atoms with Crippen LogP contribution >= 0.6 is 0 Å². The lowest BCUT2D eigenvalue weighted by Gasteiger charge is -2.24. The molecule has 0 aliphatic rings. The minimum atomic E-state index is -3.86. The Morgan fingerprint density at radius 1 is 0.943 bits per heavy atom. The van der Waals surface area contributed by atoms with Crippen LogP contribution in [0.3, 0.4) is 0 Å². The fourth-order valence-corrected chi connectivity index (χ4v) is 4.98. The highest BCUT2D eigenvalue weighted by Gasteiger charge is 2.25. The largest absolute Gasteiger partial charge is 0.309 e. The van der Waals surface area contributed by atoms with Gasteiger partial charge in [-0.05, 0) is 50.2 Å². The second kappa shape index (κ2) is 10.5. The van der Waals surface area contributed by atoms with Crippen molar-refractivity contribution in [2.45, 2.75) is 31.7 Å². The van der Waals surface area contributed by atoms with Crippen molar-refractivity contribution in [3.05, 3.63) is 102 Å². The molecular weight excluding hydrogens is 462 g/mol. The summed E-state index contributed by atoms with van der Waals surface area (Å²) in [5.41, 5.74) is 3.33. The zero-order chi connectivity index (χ0) is 24.8. The number of amides is 1. The van der Waals surface area contributed by atoms with E-state index in [1.54, 1.807) is 59.5 Å². The minimum Gasteiger partial charge on any atom is -0.309 e. The summed E-state index contributed by atoms with van der Waals surface area (Å²) in [4.78, 5) is 17.1. The van der Waals surface area contributed by atoms with Crippen LogP contribution in [0.5, 0.6) is 0 Å². The molecule has 0 bridgehead atoms. The third kappa shape index (κ3) is 6.13. The van der Waals surface area contributed by atoms with Crippen LogP contribution in [0.2, 0.25) is 0 Å². The summed E-state index contributed by atoms with van der Waals surface area (Å²) in [5.74, 6) is 0.0681. The standard InChI is InChI=1S/C26H27N5O3S/c1-20-6-10-23(11-7-20)31(35(33,34)24-12-8-21(2)9-13-24)18-15-26(32)28-25-14-17-30(29-25)19-22-5-3-4-16-27-22/h3-14,16-17H,15,18-19H2,1-2H3,(H,28,29,32). The van der Waals surface area contributed by atoms with Crippen molar-refractivity contribution >= 4 is 27.4 Å². The van der Waals surface area contributed by atoms with Crippen LogP contribution in [0.25, 0.3) is 0 Å². The zero-order valence-corrected chi connectivity index (χ0v) is 20.4. The lowest BCUT2D eigenvalue weighted by Crippen LogP contribution is -2.34. The molecule has 2 aromatic carbocycles. The Labute approximate surface area is 205 Å². The SMILES string of the molecule is Cc1ccc(N(CCC(=O)Nc2ccn(Cc3ccccn3)n2)S(=O)(=O)c2ccc(C)cc2)cc1. The highest BCUT2D eigenvalue weighted by molar-refractivity contribution is 7.92. The van der Waals surface area contributed by atoms with Gasteiger partial charge in [-0.2, -0.15) is 5.10 Å². The molecule has 0 aliphatic heterocycles. The summed E-state index contributed by atoms with van der Waals surface area (Å²) >= 11 is 0. The van der Waals surface area contributed by atoms with E-state index < -0.39 is 10.0 Å². The summed E-state index contributed by atoms with van der Waals surface area (Å²) in [5, 5.41) is 7.11. The van der Waals surface area contributed by atoms with Gasteiger partial charge in [-0.1, -0.05) is 41.5 Å². The number of nitrogens with one attached hydrogen (secondary N) is 1. The molecule has 35 heavy (non-hydrogen) atoms. The molecule has 1 N–H and O–H groups in total. The molecule has 0 fully saturated rings. The number of nitrogens with zero attached hydrogens (tertiary/aromatic N) is 4. The van der Waals surface area contributed by atoms with E-state index in [0.717, 1.165) is 16.8 Å². The fraction of sp³-hybridized carbons (Fsp3) is 0.192. The Hall–Kier alpha value is -3.98. The maximum atomic E-state index is 13.4. The van der Waals surface area contributed by atoms with Crippen LogP contribution < -0.4 is 9.62 Å². The van der Waals surface area contributed by atoms with Crippen molar-refractivity contribution in [2.75, 3.05) is 16.2 Å². The third-order valence-electron chi connectivity index (χ3n) is 5.43. The molecule has 1 amide bonds. The lowest BCUT2D eigenvalue weighted by atomic mass is 10.2. The second-order valence-electron chi connectivity index (χ2n) is 8.24. The molecule has 0 spiro atoms. The van der Waals surface area contributed by atoms with Gasteiger partial charge in [-0.3, -0.25) is 18.8 Å². The fourth-order valence-electron chi connectivity index (χ4n) is 3.52. The maximum absolute atomic E-state index is 13.4. The van der Waals surface area contributed by atoms with E-state index in [0.29, 0.717) is 18.1 Å². The van der Waals surface area contributed by atoms with Gasteiger partial charge in [0.25, 0.3) is 10.0 Å². The Morgan fingerprint density at radius 2 is 1.63 bits per heavy atom. The van der Waals surface area contributed by atoms with Gasteiger partial charge in [0, 0.05) is 31.4 Å². The summed E-state index contributed by atoms with van der Waals surface area (Å²) < 4.78 is 29.9. The number of benzene rings is 2. The Kier molecular flexibility index (Phi) is 7.26. The molecule has 2 heterocycles. The number of aryl methyl sites for hydroxylation is 2. The monoisotopic (exact) mass is 489 g/mol. The maximum Gasteiger partial charge on any atom is 0.264 e. The normalized spacial score (nSPS) is 11.3. The predicted molar refractivity (Wildman–Crippen MR) is 136 cm³/mol. The molecule has 0 saturated carbocycles. The van der Waals surface area contributed by atoms with E-state index in [9.17, 15) is 13.2 Å². The van der Waals surface area contributed by atoms with Gasteiger partial charge in [0.05, 0.1) is 22.8 Å². The molecule has 4 aromatic rings. The number of anilines is 2. The smallest absolute Gasteiger partial charge is 0.264 e. The number of aromatic nitrogens is 3. The van der Waals surface area contributed by atoms with Gasteiger partial charge >= 0.3 is 0 Å². The first-order valence-electron chi connectivity index (χ1n) is 11.2. The molecule has 9 heteroatoms. The van der Waals surface area contributed by atoms with Crippen molar-refractivity contribution in [1.29, 1.82) is 0 Å². The topological polar surface area (TPSA) is 97.2 Å². The summed E-state index contributed by atoms with van der Waals surface area (Å²) in [6.45, 7) is 4.30. The molecule has 4 rings (SSSR count). The van der Waals surface area contributed by atoms with E-state index in [4.69, 9.17) is 0 Å². The average Bonchev–Trinajstić information content (AvgIpc) is 3.27. The number of carbonyl (C=O) groups excluding carboxylic acids is 1. The van der Waals surface area contributed by atoms with Crippen LogP contribution in [0.4, 0.5) is 11.5 Å². The highest BCUT2D eigenvalue weighted by Crippen LogP contribution is 2.25. The van der Waals surface area contributed by atoms with Crippen LogP contribution in [0, 0.1) is 13.8 Å². The van der Waals surface area contributed by atoms with Crippen LogP contribution in [0.1, 0.15) is 23.2 Å². The second-order valence-corrected chi connectivity index (χ2v) is 10.1. The molecule has 0 radical (unpaired) electrons. The highest BCUT2D eigenvalue weighted by atomic mass is 32.2. The number of hydrogen-bond acceptors (Lipinski definition) is 5. The first kappa shape index (κ1) is 24.2. The quantitative estimate of drug-likeness (QED) is 0.381. The van der Waals surface area contributed by atoms with E-state index in [1.165, 1.54) is 4.31 Å². The van der Waals surface area contributed by atoms with Crippen LogP contribution in [-0.4, -0.2) is 35.6 Å². The van der Waals surface area contributed by atoms with E-state index >= 15 is 0 Å². The third-order valence-corrected chi connectivity index (χ3v) is 7.27. The van der Waals surface area contributed by atoms with Gasteiger partial charge in [-0.25, -0.2) is 8.42 Å². The molecule has 0 aliphatic carbocycles. The summed E-state index contributed by atoms with van der Waals surface area (Å²) in [6.07, 6.45) is 3.43. The van der Waals surface area contributed by atoms with Crippen LogP contribution in [0.15, 0.2) is 90.1 Å². The first-order chi connectivity index (χ1) is 16.8. The van der Waals surface area contributed by atoms with Crippen molar-refractivity contribution < 1.29 is 13.2 Å². The first-order valence-corrected chi connectivity index (χ1v) is 12.6. The van der Waals surface area contributed by atoms with Gasteiger partial charge in [-0.15, -0.1) is 0 Å². The molecule has 8 nitrogen and oxygen atoms in total. The molecule has 0 unspecified atom stereocenters. The molecule has 0 atom stereocenters. The van der Waals surface area contributed by atoms with Crippen molar-refractivity contribution in [2.24, 2.45) is 0 Å². The Morgan fingerprint density at radius 3 is 2.29 bits per heavy atom. The minimum absolute atomic E-state index is 0.0141. The number of pyridine rings is 1. The van der Waals surface area contributed by atoms with E-state index in [2.05, 4.69) is 15.4 Å². The van der Waals surface area contributed by atoms with E-state index in [1.807, 2.05) is 44.2 Å². The molecule has 2 aromatic heterocycles. The van der Waals surface area contributed by atoms with Gasteiger partial charge in [0.15, 0.2) is 5.82 Å². The Balaban J connectivity index is 1.46. The molecule has 180 valence electrons. The Bertz CT molecular complexity index is 1380. The van der Waals surface area contributed by atoms with Crippen molar-refractivity contribution in [3.8, 4) is 0 Å². The number of carbonyl (C=O) groups is 1. The number of rotatable bonds is 9. The molecule has 0 saturated heterocycles. The van der Waals surface area contributed by atoms with Crippen molar-refractivity contribution in [1.82, 2.24) is 14.8 Å².